The molecule has 0 aliphatic carbocycles. The van der Waals surface area contributed by atoms with Crippen molar-refractivity contribution in [2.24, 2.45) is 0 Å². The normalized spacial score (nSPS) is 10.5. The number of hydrogen-bond acceptors (Lipinski definition) is 7. The first-order valence-electron chi connectivity index (χ1n) is 7.82. The second-order valence-electron chi connectivity index (χ2n) is 5.76. The summed E-state index contributed by atoms with van der Waals surface area (Å²) in [6.45, 7) is 1.73. The van der Waals surface area contributed by atoms with Crippen LogP contribution in [-0.2, 0) is 0 Å². The molecule has 7 nitrogen and oxygen atoms in total. The number of thiazole rings is 2. The maximum atomic E-state index is 12.4. The van der Waals surface area contributed by atoms with Crippen LogP contribution in [0.1, 0.15) is 25.9 Å². The number of hydrogen-bond donors (Lipinski definition) is 2. The van der Waals surface area contributed by atoms with Crippen LogP contribution in [0.3, 0.4) is 0 Å². The number of halogens is 1. The largest absolute Gasteiger partial charge is 0.344 e. The molecular weight excluding hydrogens is 406 g/mol. The molecule has 0 saturated carbocycles. The summed E-state index contributed by atoms with van der Waals surface area (Å²) >= 11 is 8.40. The quantitative estimate of drug-likeness (QED) is 0.642. The average molecular weight is 422 g/mol. The van der Waals surface area contributed by atoms with Gasteiger partial charge in [-0.25, -0.2) is 9.97 Å². The molecule has 0 radical (unpaired) electrons. The lowest BCUT2D eigenvalue weighted by molar-refractivity contribution is 0.0831. The summed E-state index contributed by atoms with van der Waals surface area (Å²) in [6, 6.07) is 7.22. The average Bonchev–Trinajstić information content (AvgIpc) is 3.21. The van der Waals surface area contributed by atoms with Crippen LogP contribution >= 0.6 is 34.3 Å². The molecule has 0 aliphatic heterocycles. The van der Waals surface area contributed by atoms with Crippen LogP contribution < -0.4 is 10.6 Å². The van der Waals surface area contributed by atoms with Crippen LogP contribution in [0.4, 0.5) is 16.0 Å². The van der Waals surface area contributed by atoms with Gasteiger partial charge in [-0.1, -0.05) is 29.0 Å². The van der Waals surface area contributed by atoms with Gasteiger partial charge < -0.3 is 10.2 Å². The maximum absolute atomic E-state index is 12.4. The van der Waals surface area contributed by atoms with Gasteiger partial charge in [-0.05, 0) is 25.1 Å². The molecule has 0 fully saturated rings. The number of nitrogens with one attached hydrogen (secondary N) is 2. The molecule has 2 heterocycles. The van der Waals surface area contributed by atoms with E-state index in [1.165, 1.54) is 16.2 Å². The molecule has 1 aromatic carbocycles. The minimum Gasteiger partial charge on any atom is -0.344 e. The van der Waals surface area contributed by atoms with Gasteiger partial charge in [-0.2, -0.15) is 0 Å². The summed E-state index contributed by atoms with van der Waals surface area (Å²) in [5.41, 5.74) is 1.62. The summed E-state index contributed by atoms with van der Waals surface area (Å²) in [5, 5.41) is 8.98. The Bertz CT molecular complexity index is 999. The Labute approximate surface area is 169 Å². The number of rotatable bonds is 5. The minimum atomic E-state index is -0.386. The topological polar surface area (TPSA) is 87.2 Å². The van der Waals surface area contributed by atoms with Crippen LogP contribution in [0.25, 0.3) is 0 Å². The van der Waals surface area contributed by atoms with E-state index in [9.17, 15) is 9.59 Å². The zero-order valence-corrected chi connectivity index (χ0v) is 17.1. The third kappa shape index (κ3) is 4.62. The molecule has 0 aliphatic rings. The number of aromatic nitrogens is 2. The fourth-order valence-electron chi connectivity index (χ4n) is 2.14. The standard InChI is InChI=1S/C17H16ClN5O2S2/c1-9-13(15(25)23(2)3)27-17(19-9)22-14(24)12-8-26-16(21-12)20-11-6-4-5-10(18)7-11/h4-8H,1-3H3,(H,20,21)(H,19,22,24). The van der Waals surface area contributed by atoms with Gasteiger partial charge >= 0.3 is 0 Å². The molecule has 2 aromatic heterocycles. The lowest BCUT2D eigenvalue weighted by atomic mass is 10.3. The van der Waals surface area contributed by atoms with Crippen molar-refractivity contribution >= 4 is 62.0 Å². The summed E-state index contributed by atoms with van der Waals surface area (Å²) in [4.78, 5) is 35.0. The molecule has 10 heteroatoms. The Balaban J connectivity index is 1.70. The van der Waals surface area contributed by atoms with Gasteiger partial charge in [0.2, 0.25) is 0 Å². The molecule has 0 spiro atoms. The van der Waals surface area contributed by atoms with E-state index in [1.54, 1.807) is 38.5 Å². The molecule has 3 rings (SSSR count). The summed E-state index contributed by atoms with van der Waals surface area (Å²) in [5.74, 6) is -0.532. The third-order valence-electron chi connectivity index (χ3n) is 3.43. The van der Waals surface area contributed by atoms with E-state index in [2.05, 4.69) is 20.6 Å². The number of amides is 2. The first-order valence-corrected chi connectivity index (χ1v) is 9.89. The summed E-state index contributed by atoms with van der Waals surface area (Å²) in [7, 11) is 3.34. The number of nitrogens with zero attached hydrogens (tertiary/aromatic N) is 3. The molecule has 2 N–H and O–H groups in total. The van der Waals surface area contributed by atoms with E-state index < -0.39 is 0 Å². The smallest absolute Gasteiger partial charge is 0.276 e. The van der Waals surface area contributed by atoms with Crippen molar-refractivity contribution in [2.75, 3.05) is 24.7 Å². The first-order chi connectivity index (χ1) is 12.8. The van der Waals surface area contributed by atoms with Crippen LogP contribution in [-0.4, -0.2) is 40.8 Å². The number of carbonyl (C=O) groups is 2. The second-order valence-corrected chi connectivity index (χ2v) is 8.05. The van der Waals surface area contributed by atoms with Gasteiger partial charge in [-0.3, -0.25) is 14.9 Å². The SMILES string of the molecule is Cc1nc(NC(=O)c2csc(Nc3cccc(Cl)c3)n2)sc1C(=O)N(C)C. The van der Waals surface area contributed by atoms with E-state index >= 15 is 0 Å². The van der Waals surface area contributed by atoms with E-state index in [4.69, 9.17) is 11.6 Å². The van der Waals surface area contributed by atoms with Gasteiger partial charge in [0.15, 0.2) is 10.3 Å². The van der Waals surface area contributed by atoms with Crippen LogP contribution in [0.5, 0.6) is 0 Å². The summed E-state index contributed by atoms with van der Waals surface area (Å²) < 4.78 is 0. The molecule has 0 unspecified atom stereocenters. The van der Waals surface area contributed by atoms with E-state index in [0.29, 0.717) is 25.9 Å². The molecule has 140 valence electrons. The Morgan fingerprint density at radius 3 is 2.67 bits per heavy atom. The highest BCUT2D eigenvalue weighted by Crippen LogP contribution is 2.26. The number of aryl methyl sites for hydroxylation is 1. The second kappa shape index (κ2) is 8.03. The number of anilines is 3. The Morgan fingerprint density at radius 2 is 1.96 bits per heavy atom. The first kappa shape index (κ1) is 19.3. The summed E-state index contributed by atoms with van der Waals surface area (Å²) in [6.07, 6.45) is 0. The van der Waals surface area contributed by atoms with Crippen LogP contribution in [0.15, 0.2) is 29.6 Å². The van der Waals surface area contributed by atoms with Crippen molar-refractivity contribution in [3.05, 3.63) is 50.9 Å². The third-order valence-corrected chi connectivity index (χ3v) is 5.48. The fraction of sp³-hybridized carbons (Fsp3) is 0.176. The Hall–Kier alpha value is -2.49. The van der Waals surface area contributed by atoms with Gasteiger partial charge in [0.25, 0.3) is 11.8 Å². The van der Waals surface area contributed by atoms with Crippen molar-refractivity contribution < 1.29 is 9.59 Å². The van der Waals surface area contributed by atoms with Crippen molar-refractivity contribution in [2.45, 2.75) is 6.92 Å². The zero-order valence-electron chi connectivity index (χ0n) is 14.7. The number of carbonyl (C=O) groups excluding carboxylic acids is 2. The van der Waals surface area contributed by atoms with Crippen molar-refractivity contribution in [3.8, 4) is 0 Å². The van der Waals surface area contributed by atoms with Crippen molar-refractivity contribution in [3.63, 3.8) is 0 Å². The van der Waals surface area contributed by atoms with Gasteiger partial charge in [0, 0.05) is 30.2 Å². The predicted octanol–water partition coefficient (Wildman–Crippen LogP) is 4.26. The molecule has 3 aromatic rings. The molecular formula is C17H16ClN5O2S2. The highest BCUT2D eigenvalue weighted by molar-refractivity contribution is 7.17. The molecule has 27 heavy (non-hydrogen) atoms. The van der Waals surface area contributed by atoms with Crippen molar-refractivity contribution in [1.29, 1.82) is 0 Å². The van der Waals surface area contributed by atoms with E-state index in [0.717, 1.165) is 17.0 Å². The Morgan fingerprint density at radius 1 is 1.19 bits per heavy atom. The van der Waals surface area contributed by atoms with Crippen LogP contribution in [0, 0.1) is 6.92 Å². The predicted molar refractivity (Wildman–Crippen MR) is 110 cm³/mol. The van der Waals surface area contributed by atoms with Crippen LogP contribution in [0.2, 0.25) is 5.02 Å². The Kier molecular flexibility index (Phi) is 5.73. The van der Waals surface area contributed by atoms with Gasteiger partial charge in [-0.15, -0.1) is 11.3 Å². The van der Waals surface area contributed by atoms with E-state index in [1.807, 2.05) is 12.1 Å². The fourth-order valence-corrected chi connectivity index (χ4v) is 4.02. The minimum absolute atomic E-state index is 0.146. The van der Waals surface area contributed by atoms with Gasteiger partial charge in [0.05, 0.1) is 5.69 Å². The highest BCUT2D eigenvalue weighted by Gasteiger charge is 2.19. The van der Waals surface area contributed by atoms with Crippen molar-refractivity contribution in [1.82, 2.24) is 14.9 Å². The zero-order chi connectivity index (χ0) is 19.6. The molecule has 0 bridgehead atoms. The lowest BCUT2D eigenvalue weighted by Gasteiger charge is -2.07. The highest BCUT2D eigenvalue weighted by atomic mass is 35.5. The molecule has 0 atom stereocenters. The maximum Gasteiger partial charge on any atom is 0.276 e. The lowest BCUT2D eigenvalue weighted by Crippen LogP contribution is -2.21. The van der Waals surface area contributed by atoms with Gasteiger partial charge in [0.1, 0.15) is 10.6 Å². The monoisotopic (exact) mass is 421 g/mol. The molecule has 0 saturated heterocycles. The number of benzene rings is 1. The molecule has 2 amide bonds. The van der Waals surface area contributed by atoms with E-state index in [-0.39, 0.29) is 17.5 Å².